The lowest BCUT2D eigenvalue weighted by molar-refractivity contribution is 0.120. The van der Waals surface area contributed by atoms with Gasteiger partial charge in [-0.05, 0) is 51.0 Å². The van der Waals surface area contributed by atoms with E-state index in [1.807, 2.05) is 38.1 Å². The zero-order chi connectivity index (χ0) is 20.4. The Balaban J connectivity index is 1.73. The third kappa shape index (κ3) is 4.21. The maximum atomic E-state index is 13.3. The van der Waals surface area contributed by atoms with Crippen molar-refractivity contribution in [1.82, 2.24) is 4.98 Å². The lowest BCUT2D eigenvalue weighted by Crippen LogP contribution is -2.19. The molecule has 0 saturated carbocycles. The largest absolute Gasteiger partial charge is 0.419 e. The highest BCUT2D eigenvalue weighted by Gasteiger charge is 2.29. The Labute approximate surface area is 170 Å². The molecule has 1 aliphatic rings. The minimum Gasteiger partial charge on any atom is -0.419 e. The third-order valence-electron chi connectivity index (χ3n) is 4.99. The van der Waals surface area contributed by atoms with Crippen LogP contribution in [-0.4, -0.2) is 32.7 Å². The molecule has 0 spiro atoms. The number of oxazole rings is 1. The van der Waals surface area contributed by atoms with Crippen molar-refractivity contribution in [2.45, 2.75) is 42.7 Å². The predicted molar refractivity (Wildman–Crippen MR) is 111 cm³/mol. The van der Waals surface area contributed by atoms with Gasteiger partial charge in [0.15, 0.2) is 0 Å². The molecule has 2 heterocycles. The number of anilines is 1. The smallest absolute Gasteiger partial charge is 0.233 e. The summed E-state index contributed by atoms with van der Waals surface area (Å²) >= 11 is 0. The Kier molecular flexibility index (Phi) is 5.43. The van der Waals surface area contributed by atoms with Crippen LogP contribution in [0.25, 0.3) is 11.5 Å². The SMILES string of the molecule is Cc1ccc(-c2nc(S(=O)(=O)c3ccc(C)cc3)c(NCC3CCCO3)o2)cc1. The van der Waals surface area contributed by atoms with Crippen LogP contribution in [0.1, 0.15) is 24.0 Å². The molecule has 2 aromatic carbocycles. The van der Waals surface area contributed by atoms with Crippen LogP contribution in [0.5, 0.6) is 0 Å². The van der Waals surface area contributed by atoms with Crippen molar-refractivity contribution in [2.75, 3.05) is 18.5 Å². The Morgan fingerprint density at radius 1 is 1.03 bits per heavy atom. The van der Waals surface area contributed by atoms with Gasteiger partial charge in [-0.25, -0.2) is 8.42 Å². The number of ether oxygens (including phenoxy) is 1. The van der Waals surface area contributed by atoms with E-state index in [-0.39, 0.29) is 27.8 Å². The molecule has 1 unspecified atom stereocenters. The Bertz CT molecular complexity index is 1080. The highest BCUT2D eigenvalue weighted by atomic mass is 32.2. The number of hydrogen-bond acceptors (Lipinski definition) is 6. The molecule has 152 valence electrons. The average molecular weight is 413 g/mol. The van der Waals surface area contributed by atoms with E-state index < -0.39 is 9.84 Å². The van der Waals surface area contributed by atoms with E-state index in [1.54, 1.807) is 24.3 Å². The summed E-state index contributed by atoms with van der Waals surface area (Å²) in [5, 5.41) is 3.01. The van der Waals surface area contributed by atoms with E-state index in [1.165, 1.54) is 0 Å². The van der Waals surface area contributed by atoms with Gasteiger partial charge in [0.25, 0.3) is 0 Å². The fraction of sp³-hybridized carbons (Fsp3) is 0.318. The van der Waals surface area contributed by atoms with Crippen molar-refractivity contribution in [3.8, 4) is 11.5 Å². The Morgan fingerprint density at radius 3 is 2.31 bits per heavy atom. The molecule has 0 bridgehead atoms. The number of benzene rings is 2. The van der Waals surface area contributed by atoms with Gasteiger partial charge in [0.2, 0.25) is 26.6 Å². The van der Waals surface area contributed by atoms with Gasteiger partial charge in [0, 0.05) is 18.7 Å². The second kappa shape index (κ2) is 8.00. The van der Waals surface area contributed by atoms with Gasteiger partial charge in [-0.1, -0.05) is 35.4 Å². The zero-order valence-electron chi connectivity index (χ0n) is 16.5. The lowest BCUT2D eigenvalue weighted by Gasteiger charge is -2.10. The lowest BCUT2D eigenvalue weighted by atomic mass is 10.1. The molecular weight excluding hydrogens is 388 g/mol. The first-order valence-electron chi connectivity index (χ1n) is 9.68. The van der Waals surface area contributed by atoms with Crippen LogP contribution >= 0.6 is 0 Å². The van der Waals surface area contributed by atoms with Crippen molar-refractivity contribution >= 4 is 15.7 Å². The van der Waals surface area contributed by atoms with E-state index in [4.69, 9.17) is 9.15 Å². The summed E-state index contributed by atoms with van der Waals surface area (Å²) in [6.45, 7) is 5.10. The van der Waals surface area contributed by atoms with Gasteiger partial charge in [-0.3, -0.25) is 0 Å². The third-order valence-corrected chi connectivity index (χ3v) is 6.67. The first-order valence-corrected chi connectivity index (χ1v) is 11.2. The van der Waals surface area contributed by atoms with Crippen LogP contribution in [0.15, 0.2) is 62.9 Å². The standard InChI is InChI=1S/C22H24N2O4S/c1-15-5-9-17(10-6-15)20-24-22(21(28-20)23-14-18-4-3-13-27-18)29(25,26)19-11-7-16(2)8-12-19/h5-12,18,23H,3-4,13-14H2,1-2H3. The van der Waals surface area contributed by atoms with E-state index in [0.29, 0.717) is 6.54 Å². The van der Waals surface area contributed by atoms with Crippen molar-refractivity contribution in [2.24, 2.45) is 0 Å². The highest BCUT2D eigenvalue weighted by Crippen LogP contribution is 2.33. The van der Waals surface area contributed by atoms with Gasteiger partial charge in [0.1, 0.15) is 0 Å². The maximum Gasteiger partial charge on any atom is 0.233 e. The fourth-order valence-electron chi connectivity index (χ4n) is 3.26. The van der Waals surface area contributed by atoms with Crippen molar-refractivity contribution in [3.05, 3.63) is 59.7 Å². The summed E-state index contributed by atoms with van der Waals surface area (Å²) < 4.78 is 38.0. The first-order chi connectivity index (χ1) is 13.9. The van der Waals surface area contributed by atoms with Crippen LogP contribution in [0, 0.1) is 13.8 Å². The van der Waals surface area contributed by atoms with E-state index in [0.717, 1.165) is 36.1 Å². The van der Waals surface area contributed by atoms with Crippen LogP contribution in [0.3, 0.4) is 0 Å². The summed E-state index contributed by atoms with van der Waals surface area (Å²) in [6.07, 6.45) is 1.98. The molecule has 1 atom stereocenters. The quantitative estimate of drug-likeness (QED) is 0.647. The van der Waals surface area contributed by atoms with Crippen molar-refractivity contribution in [1.29, 1.82) is 0 Å². The summed E-state index contributed by atoms with van der Waals surface area (Å²) in [5.74, 6) is 0.419. The normalized spacial score (nSPS) is 16.8. The number of nitrogens with one attached hydrogen (secondary N) is 1. The number of aryl methyl sites for hydroxylation is 2. The topological polar surface area (TPSA) is 81.4 Å². The van der Waals surface area contributed by atoms with Gasteiger partial charge >= 0.3 is 0 Å². The highest BCUT2D eigenvalue weighted by molar-refractivity contribution is 7.91. The second-order valence-corrected chi connectivity index (χ2v) is 9.22. The molecule has 0 aliphatic carbocycles. The predicted octanol–water partition coefficient (Wildman–Crippen LogP) is 4.38. The maximum absolute atomic E-state index is 13.3. The molecule has 3 aromatic rings. The van der Waals surface area contributed by atoms with Gasteiger partial charge in [-0.15, -0.1) is 0 Å². The summed E-state index contributed by atoms with van der Waals surface area (Å²) in [6, 6.07) is 14.3. The number of rotatable bonds is 6. The molecule has 1 aromatic heterocycles. The average Bonchev–Trinajstić information content (AvgIpc) is 3.37. The minimum absolute atomic E-state index is 0.0397. The zero-order valence-corrected chi connectivity index (χ0v) is 17.3. The van der Waals surface area contributed by atoms with Crippen LogP contribution < -0.4 is 5.32 Å². The molecule has 4 rings (SSSR count). The molecule has 0 amide bonds. The monoisotopic (exact) mass is 412 g/mol. The summed E-state index contributed by atoms with van der Waals surface area (Å²) in [7, 11) is -3.84. The number of nitrogens with zero attached hydrogens (tertiary/aromatic N) is 1. The first kappa shape index (κ1) is 19.7. The Morgan fingerprint density at radius 2 is 1.69 bits per heavy atom. The van der Waals surface area contributed by atoms with Crippen LogP contribution in [0.2, 0.25) is 0 Å². The van der Waals surface area contributed by atoms with Crippen molar-refractivity contribution in [3.63, 3.8) is 0 Å². The molecule has 29 heavy (non-hydrogen) atoms. The van der Waals surface area contributed by atoms with Crippen LogP contribution in [0.4, 0.5) is 5.88 Å². The molecule has 7 heteroatoms. The molecule has 1 saturated heterocycles. The number of sulfone groups is 1. The molecule has 0 radical (unpaired) electrons. The van der Waals surface area contributed by atoms with E-state index in [9.17, 15) is 8.42 Å². The van der Waals surface area contributed by atoms with Crippen molar-refractivity contribution < 1.29 is 17.6 Å². The van der Waals surface area contributed by atoms with Crippen LogP contribution in [-0.2, 0) is 14.6 Å². The van der Waals surface area contributed by atoms with Gasteiger partial charge in [0.05, 0.1) is 11.0 Å². The minimum atomic E-state index is -3.84. The van der Waals surface area contributed by atoms with E-state index in [2.05, 4.69) is 10.3 Å². The molecular formula is C22H24N2O4S. The van der Waals surface area contributed by atoms with Gasteiger partial charge < -0.3 is 14.5 Å². The van der Waals surface area contributed by atoms with Gasteiger partial charge in [-0.2, -0.15) is 4.98 Å². The Hall–Kier alpha value is -2.64. The number of hydrogen-bond donors (Lipinski definition) is 1. The summed E-state index contributed by atoms with van der Waals surface area (Å²) in [4.78, 5) is 4.55. The second-order valence-electron chi connectivity index (χ2n) is 7.35. The molecule has 6 nitrogen and oxygen atoms in total. The molecule has 1 N–H and O–H groups in total. The van der Waals surface area contributed by atoms with E-state index >= 15 is 0 Å². The molecule has 1 aliphatic heterocycles. The molecule has 1 fully saturated rings. The summed E-state index contributed by atoms with van der Waals surface area (Å²) in [5.41, 5.74) is 2.81. The number of aromatic nitrogens is 1. The fourth-order valence-corrected chi connectivity index (χ4v) is 4.54.